The van der Waals surface area contributed by atoms with Crippen LogP contribution >= 0.6 is 11.6 Å². The molecule has 0 saturated carbocycles. The Morgan fingerprint density at radius 2 is 1.89 bits per heavy atom. The number of amides is 1. The lowest BCUT2D eigenvalue weighted by atomic mass is 10.1. The maximum atomic E-state index is 12.1. The fraction of sp³-hybridized carbons (Fsp3) is 0.133. The van der Waals surface area contributed by atoms with Gasteiger partial charge in [-0.3, -0.25) is 4.79 Å². The Labute approximate surface area is 117 Å². The van der Waals surface area contributed by atoms with Crippen molar-refractivity contribution in [3.05, 3.63) is 58.6 Å². The largest absolute Gasteiger partial charge is 0.397 e. The molecule has 0 aromatic heterocycles. The molecular weight excluding hydrogens is 260 g/mol. The number of nitrogen functional groups attached to an aromatic ring is 1. The summed E-state index contributed by atoms with van der Waals surface area (Å²) in [6.07, 6.45) is 0.944. The topological polar surface area (TPSA) is 55.1 Å². The van der Waals surface area contributed by atoms with E-state index >= 15 is 0 Å². The van der Waals surface area contributed by atoms with Gasteiger partial charge in [0, 0.05) is 5.56 Å². The Kier molecular flexibility index (Phi) is 4.07. The van der Waals surface area contributed by atoms with Gasteiger partial charge in [-0.1, -0.05) is 36.7 Å². The zero-order valence-electron chi connectivity index (χ0n) is 10.6. The van der Waals surface area contributed by atoms with Crippen molar-refractivity contribution in [1.82, 2.24) is 0 Å². The van der Waals surface area contributed by atoms with E-state index in [0.717, 1.165) is 6.42 Å². The van der Waals surface area contributed by atoms with Crippen LogP contribution in [0.3, 0.4) is 0 Å². The molecule has 2 rings (SSSR count). The number of benzene rings is 2. The van der Waals surface area contributed by atoms with E-state index in [1.54, 1.807) is 30.3 Å². The van der Waals surface area contributed by atoms with Crippen LogP contribution in [0.4, 0.5) is 11.4 Å². The average Bonchev–Trinajstić information content (AvgIpc) is 2.43. The van der Waals surface area contributed by atoms with Crippen molar-refractivity contribution in [1.29, 1.82) is 0 Å². The number of anilines is 2. The quantitative estimate of drug-likeness (QED) is 0.838. The highest BCUT2D eigenvalue weighted by molar-refractivity contribution is 6.34. The summed E-state index contributed by atoms with van der Waals surface area (Å²) in [6.45, 7) is 2.07. The lowest BCUT2D eigenvalue weighted by Gasteiger charge is -2.10. The monoisotopic (exact) mass is 274 g/mol. The number of nitrogens with one attached hydrogen (secondary N) is 1. The van der Waals surface area contributed by atoms with Gasteiger partial charge in [-0.05, 0) is 36.2 Å². The van der Waals surface area contributed by atoms with Crippen molar-refractivity contribution in [3.63, 3.8) is 0 Å². The van der Waals surface area contributed by atoms with Crippen LogP contribution in [-0.2, 0) is 6.42 Å². The molecule has 0 atom stereocenters. The van der Waals surface area contributed by atoms with Gasteiger partial charge in [-0.15, -0.1) is 0 Å². The van der Waals surface area contributed by atoms with Crippen LogP contribution in [0.2, 0.25) is 5.02 Å². The Morgan fingerprint density at radius 3 is 2.47 bits per heavy atom. The molecule has 0 aliphatic carbocycles. The molecule has 3 nitrogen and oxygen atoms in total. The van der Waals surface area contributed by atoms with Gasteiger partial charge in [0.05, 0.1) is 16.4 Å². The molecule has 19 heavy (non-hydrogen) atoms. The van der Waals surface area contributed by atoms with E-state index in [0.29, 0.717) is 22.0 Å². The molecule has 0 bridgehead atoms. The Bertz CT molecular complexity index is 573. The minimum Gasteiger partial charge on any atom is -0.397 e. The number of para-hydroxylation sites is 1. The van der Waals surface area contributed by atoms with Gasteiger partial charge in [0.1, 0.15) is 0 Å². The second kappa shape index (κ2) is 5.76. The maximum absolute atomic E-state index is 12.1. The first-order valence-electron chi connectivity index (χ1n) is 6.06. The maximum Gasteiger partial charge on any atom is 0.255 e. The van der Waals surface area contributed by atoms with Crippen LogP contribution in [0.1, 0.15) is 22.8 Å². The second-order valence-corrected chi connectivity index (χ2v) is 4.62. The third-order valence-corrected chi connectivity index (χ3v) is 3.22. The molecule has 1 amide bonds. The average molecular weight is 275 g/mol. The second-order valence-electron chi connectivity index (χ2n) is 4.21. The predicted octanol–water partition coefficient (Wildman–Crippen LogP) is 3.74. The third kappa shape index (κ3) is 3.06. The highest BCUT2D eigenvalue weighted by Crippen LogP contribution is 2.28. The third-order valence-electron chi connectivity index (χ3n) is 2.91. The van der Waals surface area contributed by atoms with Crippen molar-refractivity contribution in [3.8, 4) is 0 Å². The molecule has 0 radical (unpaired) electrons. The van der Waals surface area contributed by atoms with E-state index in [1.807, 2.05) is 12.1 Å². The summed E-state index contributed by atoms with van der Waals surface area (Å²) < 4.78 is 0. The first-order valence-corrected chi connectivity index (χ1v) is 6.44. The number of carbonyl (C=O) groups is 1. The van der Waals surface area contributed by atoms with Crippen LogP contribution < -0.4 is 11.1 Å². The fourth-order valence-corrected chi connectivity index (χ4v) is 1.98. The number of carbonyl (C=O) groups excluding carboxylic acids is 1. The molecule has 0 spiro atoms. The van der Waals surface area contributed by atoms with Crippen LogP contribution in [0.5, 0.6) is 0 Å². The van der Waals surface area contributed by atoms with E-state index in [9.17, 15) is 4.79 Å². The Balaban J connectivity index is 2.20. The number of hydrogen-bond donors (Lipinski definition) is 2. The van der Waals surface area contributed by atoms with Crippen molar-refractivity contribution in [2.24, 2.45) is 0 Å². The van der Waals surface area contributed by atoms with Crippen LogP contribution in [0.15, 0.2) is 42.5 Å². The smallest absolute Gasteiger partial charge is 0.255 e. The molecule has 0 saturated heterocycles. The molecule has 0 fully saturated rings. The molecule has 0 unspecified atom stereocenters. The highest BCUT2D eigenvalue weighted by atomic mass is 35.5. The normalized spacial score (nSPS) is 10.2. The molecule has 2 aromatic rings. The van der Waals surface area contributed by atoms with Gasteiger partial charge in [-0.2, -0.15) is 0 Å². The summed E-state index contributed by atoms with van der Waals surface area (Å²) in [5, 5.41) is 3.17. The van der Waals surface area contributed by atoms with E-state index < -0.39 is 0 Å². The lowest BCUT2D eigenvalue weighted by Crippen LogP contribution is -2.13. The van der Waals surface area contributed by atoms with Crippen LogP contribution in [0.25, 0.3) is 0 Å². The van der Waals surface area contributed by atoms with Gasteiger partial charge >= 0.3 is 0 Å². The van der Waals surface area contributed by atoms with E-state index in [2.05, 4.69) is 12.2 Å². The van der Waals surface area contributed by atoms with Gasteiger partial charge in [-0.25, -0.2) is 0 Å². The molecule has 0 aliphatic rings. The fourth-order valence-electron chi connectivity index (χ4n) is 1.75. The molecule has 0 aliphatic heterocycles. The van der Waals surface area contributed by atoms with Gasteiger partial charge < -0.3 is 11.1 Å². The number of halogens is 1. The van der Waals surface area contributed by atoms with E-state index in [4.69, 9.17) is 17.3 Å². The van der Waals surface area contributed by atoms with Crippen LogP contribution in [0, 0.1) is 0 Å². The zero-order valence-corrected chi connectivity index (χ0v) is 11.4. The highest BCUT2D eigenvalue weighted by Gasteiger charge is 2.10. The first-order chi connectivity index (χ1) is 9.11. The summed E-state index contributed by atoms with van der Waals surface area (Å²) in [5.41, 5.74) is 8.47. The molecular formula is C15H15ClN2O. The SMILES string of the molecule is CCc1ccc(C(=O)Nc2c(N)cccc2Cl)cc1. The molecule has 3 N–H and O–H groups in total. The number of rotatable bonds is 3. The minimum absolute atomic E-state index is 0.220. The standard InChI is InChI=1S/C15H15ClN2O/c1-2-10-6-8-11(9-7-10)15(19)18-14-12(16)4-3-5-13(14)17/h3-9H,2,17H2,1H3,(H,18,19). The molecule has 4 heteroatoms. The van der Waals surface area contributed by atoms with Gasteiger partial charge in [0.25, 0.3) is 5.91 Å². The first kappa shape index (κ1) is 13.4. The number of nitrogens with two attached hydrogens (primary N) is 1. The lowest BCUT2D eigenvalue weighted by molar-refractivity contribution is 0.102. The van der Waals surface area contributed by atoms with Crippen molar-refractivity contribution < 1.29 is 4.79 Å². The molecule has 0 heterocycles. The van der Waals surface area contributed by atoms with Gasteiger partial charge in [0.2, 0.25) is 0 Å². The summed E-state index contributed by atoms with van der Waals surface area (Å²) in [6, 6.07) is 12.6. The molecule has 98 valence electrons. The summed E-state index contributed by atoms with van der Waals surface area (Å²) in [5.74, 6) is -0.220. The predicted molar refractivity (Wildman–Crippen MR) is 79.6 cm³/mol. The van der Waals surface area contributed by atoms with Crippen molar-refractivity contribution >= 4 is 28.9 Å². The summed E-state index contributed by atoms with van der Waals surface area (Å²) in [7, 11) is 0. The van der Waals surface area contributed by atoms with Gasteiger partial charge in [0.15, 0.2) is 0 Å². The van der Waals surface area contributed by atoms with E-state index in [1.165, 1.54) is 5.56 Å². The zero-order chi connectivity index (χ0) is 13.8. The van der Waals surface area contributed by atoms with E-state index in [-0.39, 0.29) is 5.91 Å². The summed E-state index contributed by atoms with van der Waals surface area (Å²) >= 11 is 6.01. The van der Waals surface area contributed by atoms with Crippen LogP contribution in [-0.4, -0.2) is 5.91 Å². The number of aryl methyl sites for hydroxylation is 1. The van der Waals surface area contributed by atoms with Crippen molar-refractivity contribution in [2.75, 3.05) is 11.1 Å². The minimum atomic E-state index is -0.220. The molecule has 2 aromatic carbocycles. The summed E-state index contributed by atoms with van der Waals surface area (Å²) in [4.78, 5) is 12.1. The Hall–Kier alpha value is -2.00. The number of hydrogen-bond acceptors (Lipinski definition) is 2. The Morgan fingerprint density at radius 1 is 1.21 bits per heavy atom. The van der Waals surface area contributed by atoms with Crippen molar-refractivity contribution in [2.45, 2.75) is 13.3 Å².